The minimum atomic E-state index is -0.734. The van der Waals surface area contributed by atoms with Crippen molar-refractivity contribution >= 4 is 21.7 Å². The summed E-state index contributed by atoms with van der Waals surface area (Å²) in [5.41, 5.74) is 4.90. The molecule has 1 fully saturated rings. The Balaban J connectivity index is 2.37. The van der Waals surface area contributed by atoms with E-state index < -0.39 is 11.2 Å². The van der Waals surface area contributed by atoms with E-state index in [9.17, 15) is 9.18 Å². The minimum Gasteiger partial charge on any atom is -0.379 e. The summed E-state index contributed by atoms with van der Waals surface area (Å²) < 4.78 is 19.2. The summed E-state index contributed by atoms with van der Waals surface area (Å²) >= 11 is 3.21. The number of rotatable bonds is 3. The molecule has 1 aliphatic rings. The highest BCUT2D eigenvalue weighted by atomic mass is 79.9. The first-order chi connectivity index (χ1) is 7.59. The first kappa shape index (κ1) is 11.7. The van der Waals surface area contributed by atoms with Crippen molar-refractivity contribution in [2.75, 3.05) is 19.8 Å². The van der Waals surface area contributed by atoms with Crippen LogP contribution >= 0.6 is 15.9 Å². The van der Waals surface area contributed by atoms with Gasteiger partial charge in [0.2, 0.25) is 0 Å². The summed E-state index contributed by atoms with van der Waals surface area (Å²) in [4.78, 5) is 12.1. The number of carbonyl (C=O) groups excluding carboxylic acids is 1. The first-order valence-corrected chi connectivity index (χ1v) is 5.66. The van der Waals surface area contributed by atoms with Crippen molar-refractivity contribution in [2.45, 2.75) is 0 Å². The number of nitrogens with two attached hydrogens (primary N) is 1. The molecule has 0 radical (unpaired) electrons. The molecular weight excluding hydrogens is 277 g/mol. The smallest absolute Gasteiger partial charge is 0.177 e. The first-order valence-electron chi connectivity index (χ1n) is 4.87. The largest absolute Gasteiger partial charge is 0.379 e. The van der Waals surface area contributed by atoms with Gasteiger partial charge in [-0.1, -0.05) is 15.9 Å². The lowest BCUT2D eigenvalue weighted by Gasteiger charge is -2.38. The van der Waals surface area contributed by atoms with E-state index in [0.717, 1.165) is 0 Å². The molecule has 1 aliphatic heterocycles. The van der Waals surface area contributed by atoms with Gasteiger partial charge in [0.15, 0.2) is 5.78 Å². The van der Waals surface area contributed by atoms with Crippen LogP contribution in [-0.4, -0.2) is 25.5 Å². The van der Waals surface area contributed by atoms with E-state index in [4.69, 9.17) is 10.5 Å². The fourth-order valence-corrected chi connectivity index (χ4v) is 2.01. The second-order valence-electron chi connectivity index (χ2n) is 3.93. The standard InChI is InChI=1S/C11H11BrFNO2/c12-7-1-2-9(13)8(3-7)10(15)11(4-14)5-16-6-11/h1-3H,4-6,14H2. The third kappa shape index (κ3) is 1.79. The average Bonchev–Trinajstić information content (AvgIpc) is 2.21. The molecule has 0 amide bonds. The summed E-state index contributed by atoms with van der Waals surface area (Å²) in [6.45, 7) is 0.723. The number of carbonyl (C=O) groups is 1. The van der Waals surface area contributed by atoms with E-state index in [-0.39, 0.29) is 31.1 Å². The molecule has 2 N–H and O–H groups in total. The number of ether oxygens (including phenoxy) is 1. The minimum absolute atomic E-state index is 0.0723. The van der Waals surface area contributed by atoms with Gasteiger partial charge in [-0.05, 0) is 18.2 Å². The molecule has 0 aliphatic carbocycles. The van der Waals surface area contributed by atoms with Gasteiger partial charge < -0.3 is 10.5 Å². The molecule has 0 aromatic heterocycles. The maximum absolute atomic E-state index is 13.5. The second kappa shape index (κ2) is 4.24. The number of hydrogen-bond acceptors (Lipinski definition) is 3. The maximum Gasteiger partial charge on any atom is 0.177 e. The lowest BCUT2D eigenvalue weighted by atomic mass is 9.78. The van der Waals surface area contributed by atoms with Gasteiger partial charge in [-0.15, -0.1) is 0 Å². The molecule has 0 spiro atoms. The molecule has 5 heteroatoms. The van der Waals surface area contributed by atoms with Crippen molar-refractivity contribution < 1.29 is 13.9 Å². The topological polar surface area (TPSA) is 52.3 Å². The van der Waals surface area contributed by atoms with Gasteiger partial charge in [-0.2, -0.15) is 0 Å². The summed E-state index contributed by atoms with van der Waals surface area (Å²) in [6, 6.07) is 4.30. The van der Waals surface area contributed by atoms with Crippen molar-refractivity contribution in [3.8, 4) is 0 Å². The van der Waals surface area contributed by atoms with Crippen LogP contribution in [0.1, 0.15) is 10.4 Å². The normalized spacial score (nSPS) is 17.9. The van der Waals surface area contributed by atoms with Crippen LogP contribution < -0.4 is 5.73 Å². The van der Waals surface area contributed by atoms with Crippen molar-refractivity contribution in [3.05, 3.63) is 34.1 Å². The van der Waals surface area contributed by atoms with Crippen LogP contribution in [-0.2, 0) is 4.74 Å². The summed E-state index contributed by atoms with van der Waals surface area (Å²) in [5.74, 6) is -0.798. The van der Waals surface area contributed by atoms with Gasteiger partial charge in [0, 0.05) is 11.0 Å². The molecule has 86 valence electrons. The van der Waals surface area contributed by atoms with E-state index in [0.29, 0.717) is 4.47 Å². The summed E-state index contributed by atoms with van der Waals surface area (Å²) in [5, 5.41) is 0. The molecular formula is C11H11BrFNO2. The van der Waals surface area contributed by atoms with Crippen LogP contribution in [0.3, 0.4) is 0 Å². The van der Waals surface area contributed by atoms with E-state index >= 15 is 0 Å². The van der Waals surface area contributed by atoms with Crippen LogP contribution in [0, 0.1) is 11.2 Å². The van der Waals surface area contributed by atoms with Crippen molar-refractivity contribution in [1.82, 2.24) is 0 Å². The third-order valence-electron chi connectivity index (χ3n) is 2.80. The molecule has 1 aromatic rings. The lowest BCUT2D eigenvalue weighted by Crippen LogP contribution is -2.54. The van der Waals surface area contributed by atoms with Gasteiger partial charge in [-0.25, -0.2) is 4.39 Å². The van der Waals surface area contributed by atoms with Crippen LogP contribution in [0.5, 0.6) is 0 Å². The molecule has 0 atom stereocenters. The maximum atomic E-state index is 13.5. The predicted octanol–water partition coefficient (Wildman–Crippen LogP) is 1.75. The number of halogens is 2. The molecule has 3 nitrogen and oxygen atoms in total. The molecule has 16 heavy (non-hydrogen) atoms. The van der Waals surface area contributed by atoms with Gasteiger partial charge in [0.05, 0.1) is 24.2 Å². The van der Waals surface area contributed by atoms with Crippen LogP contribution in [0.2, 0.25) is 0 Å². The Morgan fingerprint density at radius 2 is 2.25 bits per heavy atom. The monoisotopic (exact) mass is 287 g/mol. The Hall–Kier alpha value is -0.780. The quantitative estimate of drug-likeness (QED) is 0.862. The van der Waals surface area contributed by atoms with Gasteiger partial charge in [-0.3, -0.25) is 4.79 Å². The van der Waals surface area contributed by atoms with E-state index in [1.54, 1.807) is 6.07 Å². The van der Waals surface area contributed by atoms with Gasteiger partial charge >= 0.3 is 0 Å². The highest BCUT2D eigenvalue weighted by Gasteiger charge is 2.45. The molecule has 1 aromatic carbocycles. The Kier molecular flexibility index (Phi) is 3.10. The van der Waals surface area contributed by atoms with E-state index in [1.807, 2.05) is 0 Å². The zero-order chi connectivity index (χ0) is 11.8. The number of hydrogen-bond donors (Lipinski definition) is 1. The SMILES string of the molecule is NCC1(C(=O)c2cc(Br)ccc2F)COC1. The van der Waals surface area contributed by atoms with Crippen molar-refractivity contribution in [1.29, 1.82) is 0 Å². The highest BCUT2D eigenvalue weighted by molar-refractivity contribution is 9.10. The Labute approximate surface area is 101 Å². The summed E-state index contributed by atoms with van der Waals surface area (Å²) in [7, 11) is 0. The zero-order valence-corrected chi connectivity index (χ0v) is 10.1. The van der Waals surface area contributed by atoms with Crippen molar-refractivity contribution in [3.63, 3.8) is 0 Å². The second-order valence-corrected chi connectivity index (χ2v) is 4.85. The molecule has 1 saturated heterocycles. The molecule has 2 rings (SSSR count). The summed E-state index contributed by atoms with van der Waals surface area (Å²) in [6.07, 6.45) is 0. The van der Waals surface area contributed by atoms with Crippen LogP contribution in [0.15, 0.2) is 22.7 Å². The molecule has 1 heterocycles. The Bertz CT molecular complexity index is 426. The molecule has 0 saturated carbocycles. The van der Waals surface area contributed by atoms with E-state index in [2.05, 4.69) is 15.9 Å². The lowest BCUT2D eigenvalue weighted by molar-refractivity contribution is -0.0817. The van der Waals surface area contributed by atoms with E-state index in [1.165, 1.54) is 12.1 Å². The number of Topliss-reactive ketones (excluding diaryl/α,β-unsaturated/α-hetero) is 1. The fourth-order valence-electron chi connectivity index (χ4n) is 1.65. The highest BCUT2D eigenvalue weighted by Crippen LogP contribution is 2.32. The average molecular weight is 288 g/mol. The van der Waals surface area contributed by atoms with Crippen molar-refractivity contribution in [2.24, 2.45) is 11.1 Å². The predicted molar refractivity (Wildman–Crippen MR) is 60.7 cm³/mol. The molecule has 0 bridgehead atoms. The fraction of sp³-hybridized carbons (Fsp3) is 0.364. The third-order valence-corrected chi connectivity index (χ3v) is 3.30. The molecule has 0 unspecified atom stereocenters. The van der Waals surface area contributed by atoms with Crippen LogP contribution in [0.25, 0.3) is 0 Å². The number of benzene rings is 1. The Morgan fingerprint density at radius 1 is 1.56 bits per heavy atom. The number of ketones is 1. The Morgan fingerprint density at radius 3 is 2.75 bits per heavy atom. The van der Waals surface area contributed by atoms with Crippen LogP contribution in [0.4, 0.5) is 4.39 Å². The zero-order valence-electron chi connectivity index (χ0n) is 8.50. The van der Waals surface area contributed by atoms with Gasteiger partial charge in [0.1, 0.15) is 5.82 Å². The van der Waals surface area contributed by atoms with Gasteiger partial charge in [0.25, 0.3) is 0 Å².